The second-order valence-corrected chi connectivity index (χ2v) is 5.16. The summed E-state index contributed by atoms with van der Waals surface area (Å²) < 4.78 is 0. The van der Waals surface area contributed by atoms with Crippen molar-refractivity contribution in [1.29, 1.82) is 0 Å². The van der Waals surface area contributed by atoms with Crippen LogP contribution < -0.4 is 16.8 Å². The standard InChI is InChI=1S/C13H21N3O2/c1-13(2,5-6-17)8-16-11-7-9(12(15)18)3-4-10(11)14/h3-4,7,16-17H,5-6,8,14H2,1-2H3,(H2,15,18). The highest BCUT2D eigenvalue weighted by Gasteiger charge is 2.17. The van der Waals surface area contributed by atoms with Gasteiger partial charge >= 0.3 is 0 Å². The van der Waals surface area contributed by atoms with E-state index in [-0.39, 0.29) is 12.0 Å². The summed E-state index contributed by atoms with van der Waals surface area (Å²) >= 11 is 0. The van der Waals surface area contributed by atoms with Crippen molar-refractivity contribution in [2.24, 2.45) is 11.1 Å². The highest BCUT2D eigenvalue weighted by atomic mass is 16.3. The smallest absolute Gasteiger partial charge is 0.248 e. The van der Waals surface area contributed by atoms with Gasteiger partial charge in [0.05, 0.1) is 11.4 Å². The van der Waals surface area contributed by atoms with Crippen LogP contribution in [0.15, 0.2) is 18.2 Å². The molecule has 0 aromatic heterocycles. The fourth-order valence-electron chi connectivity index (χ4n) is 1.59. The lowest BCUT2D eigenvalue weighted by atomic mass is 9.89. The molecule has 1 aromatic rings. The Morgan fingerprint density at radius 2 is 2.11 bits per heavy atom. The topological polar surface area (TPSA) is 101 Å². The Morgan fingerprint density at radius 3 is 2.67 bits per heavy atom. The van der Waals surface area contributed by atoms with Gasteiger partial charge in [-0.2, -0.15) is 0 Å². The van der Waals surface area contributed by atoms with Gasteiger partial charge in [0.15, 0.2) is 0 Å². The zero-order chi connectivity index (χ0) is 13.8. The lowest BCUT2D eigenvalue weighted by Crippen LogP contribution is -2.24. The van der Waals surface area contributed by atoms with Crippen molar-refractivity contribution in [3.8, 4) is 0 Å². The Balaban J connectivity index is 2.78. The second kappa shape index (κ2) is 5.73. The molecule has 5 heteroatoms. The van der Waals surface area contributed by atoms with Gasteiger partial charge in [0, 0.05) is 18.7 Å². The second-order valence-electron chi connectivity index (χ2n) is 5.16. The van der Waals surface area contributed by atoms with Gasteiger partial charge in [-0.15, -0.1) is 0 Å². The number of nitrogen functional groups attached to an aromatic ring is 1. The van der Waals surface area contributed by atoms with Crippen LogP contribution in [0.4, 0.5) is 11.4 Å². The van der Waals surface area contributed by atoms with E-state index in [1.54, 1.807) is 18.2 Å². The number of hydrogen-bond donors (Lipinski definition) is 4. The zero-order valence-corrected chi connectivity index (χ0v) is 10.9. The van der Waals surface area contributed by atoms with Gasteiger partial charge in [0.25, 0.3) is 0 Å². The average Bonchev–Trinajstić information content (AvgIpc) is 2.27. The summed E-state index contributed by atoms with van der Waals surface area (Å²) in [6, 6.07) is 4.90. The van der Waals surface area contributed by atoms with Crippen LogP contribution in [0, 0.1) is 5.41 Å². The largest absolute Gasteiger partial charge is 0.397 e. The molecule has 0 aliphatic rings. The number of carbonyl (C=O) groups excluding carboxylic acids is 1. The van der Waals surface area contributed by atoms with Crippen LogP contribution in [0.25, 0.3) is 0 Å². The minimum Gasteiger partial charge on any atom is -0.397 e. The van der Waals surface area contributed by atoms with Crippen LogP contribution in [-0.2, 0) is 0 Å². The Morgan fingerprint density at radius 1 is 1.44 bits per heavy atom. The molecule has 0 aliphatic heterocycles. The summed E-state index contributed by atoms with van der Waals surface area (Å²) in [5.74, 6) is -0.479. The van der Waals surface area contributed by atoms with Gasteiger partial charge in [-0.3, -0.25) is 4.79 Å². The number of nitrogens with one attached hydrogen (secondary N) is 1. The molecule has 0 atom stereocenters. The predicted octanol–water partition coefficient (Wildman–Crippen LogP) is 1.19. The van der Waals surface area contributed by atoms with Crippen LogP contribution >= 0.6 is 0 Å². The Hall–Kier alpha value is -1.75. The van der Waals surface area contributed by atoms with E-state index in [2.05, 4.69) is 5.32 Å². The van der Waals surface area contributed by atoms with E-state index in [1.165, 1.54) is 0 Å². The normalized spacial score (nSPS) is 11.3. The van der Waals surface area contributed by atoms with E-state index in [1.807, 2.05) is 13.8 Å². The molecule has 0 bridgehead atoms. The van der Waals surface area contributed by atoms with Crippen molar-refractivity contribution < 1.29 is 9.90 Å². The maximum Gasteiger partial charge on any atom is 0.248 e. The molecule has 0 unspecified atom stereocenters. The van der Waals surface area contributed by atoms with Gasteiger partial charge < -0.3 is 21.9 Å². The Kier molecular flexibility index (Phi) is 4.55. The number of benzene rings is 1. The summed E-state index contributed by atoms with van der Waals surface area (Å²) in [4.78, 5) is 11.1. The third-order valence-electron chi connectivity index (χ3n) is 2.88. The zero-order valence-electron chi connectivity index (χ0n) is 10.9. The van der Waals surface area contributed by atoms with Crippen molar-refractivity contribution in [3.05, 3.63) is 23.8 Å². The third-order valence-corrected chi connectivity index (χ3v) is 2.88. The SMILES string of the molecule is CC(C)(CCO)CNc1cc(C(N)=O)ccc1N. The quantitative estimate of drug-likeness (QED) is 0.570. The number of nitrogens with two attached hydrogens (primary N) is 2. The van der Waals surface area contributed by atoms with Crippen LogP contribution in [0.2, 0.25) is 0 Å². The summed E-state index contributed by atoms with van der Waals surface area (Å²) in [7, 11) is 0. The minimum absolute atomic E-state index is 0.0517. The van der Waals surface area contributed by atoms with Gasteiger partial charge in [-0.1, -0.05) is 13.8 Å². The molecule has 1 rings (SSSR count). The Bertz CT molecular complexity index is 430. The van der Waals surface area contributed by atoms with Crippen molar-refractivity contribution in [1.82, 2.24) is 0 Å². The lowest BCUT2D eigenvalue weighted by molar-refractivity contribution is 0.100. The molecule has 100 valence electrons. The monoisotopic (exact) mass is 251 g/mol. The van der Waals surface area contributed by atoms with Crippen LogP contribution in [-0.4, -0.2) is 24.2 Å². The number of aliphatic hydroxyl groups is 1. The van der Waals surface area contributed by atoms with Gasteiger partial charge in [-0.05, 0) is 30.0 Å². The fraction of sp³-hybridized carbons (Fsp3) is 0.462. The highest BCUT2D eigenvalue weighted by Crippen LogP contribution is 2.24. The molecule has 0 saturated heterocycles. The van der Waals surface area contributed by atoms with Gasteiger partial charge in [0.2, 0.25) is 5.91 Å². The molecular formula is C13H21N3O2. The van der Waals surface area contributed by atoms with Gasteiger partial charge in [-0.25, -0.2) is 0 Å². The summed E-state index contributed by atoms with van der Waals surface area (Å²) in [6.07, 6.45) is 0.690. The first-order valence-corrected chi connectivity index (χ1v) is 5.90. The number of primary amides is 1. The predicted molar refractivity (Wildman–Crippen MR) is 73.3 cm³/mol. The molecule has 0 spiro atoms. The summed E-state index contributed by atoms with van der Waals surface area (Å²) in [5.41, 5.74) is 12.7. The van der Waals surface area contributed by atoms with E-state index in [0.717, 1.165) is 0 Å². The number of hydrogen-bond acceptors (Lipinski definition) is 4. The molecule has 18 heavy (non-hydrogen) atoms. The molecule has 1 amide bonds. The van der Waals surface area contributed by atoms with Crippen LogP contribution in [0.5, 0.6) is 0 Å². The molecular weight excluding hydrogens is 230 g/mol. The van der Waals surface area contributed by atoms with Crippen LogP contribution in [0.3, 0.4) is 0 Å². The number of amides is 1. The number of carbonyl (C=O) groups is 1. The van der Waals surface area contributed by atoms with Crippen molar-refractivity contribution in [2.45, 2.75) is 20.3 Å². The third kappa shape index (κ3) is 3.92. The van der Waals surface area contributed by atoms with E-state index in [0.29, 0.717) is 29.9 Å². The first kappa shape index (κ1) is 14.3. The van der Waals surface area contributed by atoms with Crippen molar-refractivity contribution in [2.75, 3.05) is 24.2 Å². The van der Waals surface area contributed by atoms with E-state index in [9.17, 15) is 4.79 Å². The molecule has 0 saturated carbocycles. The van der Waals surface area contributed by atoms with Crippen molar-refractivity contribution >= 4 is 17.3 Å². The summed E-state index contributed by atoms with van der Waals surface area (Å²) in [6.45, 7) is 4.89. The van der Waals surface area contributed by atoms with Gasteiger partial charge in [0.1, 0.15) is 0 Å². The molecule has 0 heterocycles. The lowest BCUT2D eigenvalue weighted by Gasteiger charge is -2.25. The first-order valence-electron chi connectivity index (χ1n) is 5.90. The summed E-state index contributed by atoms with van der Waals surface area (Å²) in [5, 5.41) is 12.1. The molecule has 5 nitrogen and oxygen atoms in total. The molecule has 0 radical (unpaired) electrons. The van der Waals surface area contributed by atoms with Crippen LogP contribution in [0.1, 0.15) is 30.6 Å². The average molecular weight is 251 g/mol. The minimum atomic E-state index is -0.479. The number of aliphatic hydroxyl groups excluding tert-OH is 1. The molecule has 1 aromatic carbocycles. The van der Waals surface area contributed by atoms with E-state index >= 15 is 0 Å². The molecule has 6 N–H and O–H groups in total. The maximum atomic E-state index is 11.1. The number of anilines is 2. The maximum absolute atomic E-state index is 11.1. The van der Waals surface area contributed by atoms with E-state index in [4.69, 9.17) is 16.6 Å². The Labute approximate surface area is 107 Å². The highest BCUT2D eigenvalue weighted by molar-refractivity contribution is 5.94. The first-order chi connectivity index (χ1) is 8.35. The van der Waals surface area contributed by atoms with E-state index < -0.39 is 5.91 Å². The molecule has 0 fully saturated rings. The van der Waals surface area contributed by atoms with Crippen molar-refractivity contribution in [3.63, 3.8) is 0 Å². The molecule has 0 aliphatic carbocycles. The number of rotatable bonds is 6. The fourth-order valence-corrected chi connectivity index (χ4v) is 1.59.